The molecule has 2 nitrogen and oxygen atoms in total. The molecule has 72 valence electrons. The summed E-state index contributed by atoms with van der Waals surface area (Å²) in [6.07, 6.45) is -1.55. The third-order valence-corrected chi connectivity index (χ3v) is 2.64. The van der Waals surface area contributed by atoms with Gasteiger partial charge >= 0.3 is 0 Å². The Hall–Kier alpha value is -0.170. The molecular weight excluding hydrogens is 314 g/mol. The average molecular weight is 319 g/mol. The van der Waals surface area contributed by atoms with E-state index < -0.39 is 6.43 Å². The number of hydrogen-bond donors (Lipinski definition) is 1. The van der Waals surface area contributed by atoms with Crippen LogP contribution in [-0.4, -0.2) is 10.1 Å². The van der Waals surface area contributed by atoms with E-state index in [2.05, 4.69) is 4.98 Å². The summed E-state index contributed by atoms with van der Waals surface area (Å²) in [7, 11) is 0. The number of rotatable bonds is 2. The maximum Gasteiger partial charge on any atom is 0.266 e. The van der Waals surface area contributed by atoms with Gasteiger partial charge in [0.1, 0.15) is 9.45 Å². The maximum atomic E-state index is 12.4. The molecule has 0 aromatic carbocycles. The minimum atomic E-state index is -2.67. The van der Waals surface area contributed by atoms with Crippen molar-refractivity contribution in [1.82, 2.24) is 4.98 Å². The van der Waals surface area contributed by atoms with E-state index >= 15 is 0 Å². The number of pyridine rings is 1. The molecule has 1 aromatic heterocycles. The zero-order chi connectivity index (χ0) is 10.0. The monoisotopic (exact) mass is 319 g/mol. The van der Waals surface area contributed by atoms with Crippen LogP contribution in [0, 0.1) is 3.70 Å². The fourth-order valence-corrected chi connectivity index (χ4v) is 1.87. The van der Waals surface area contributed by atoms with Crippen molar-refractivity contribution in [1.29, 1.82) is 0 Å². The number of hydrogen-bond acceptors (Lipinski definition) is 2. The number of aromatic nitrogens is 1. The smallest absolute Gasteiger partial charge is 0.266 e. The van der Waals surface area contributed by atoms with Gasteiger partial charge in [0.25, 0.3) is 6.43 Å². The fraction of sp³-hybridized carbons (Fsp3) is 0.286. The van der Waals surface area contributed by atoms with Crippen LogP contribution >= 0.6 is 34.2 Å². The van der Waals surface area contributed by atoms with Gasteiger partial charge in [-0.3, -0.25) is 0 Å². The van der Waals surface area contributed by atoms with Crippen LogP contribution in [0.5, 0.6) is 5.75 Å². The molecule has 1 aromatic rings. The Kier molecular flexibility index (Phi) is 3.66. The van der Waals surface area contributed by atoms with Crippen molar-refractivity contribution in [2.24, 2.45) is 0 Å². The van der Waals surface area contributed by atoms with E-state index in [-0.39, 0.29) is 26.5 Å². The van der Waals surface area contributed by atoms with Crippen LogP contribution in [0.4, 0.5) is 8.78 Å². The Labute approximate surface area is 92.1 Å². The predicted molar refractivity (Wildman–Crippen MR) is 53.1 cm³/mol. The third-order valence-electron chi connectivity index (χ3n) is 1.51. The van der Waals surface area contributed by atoms with Gasteiger partial charge in [0, 0.05) is 5.56 Å². The van der Waals surface area contributed by atoms with E-state index in [1.807, 2.05) is 0 Å². The Bertz CT molecular complexity index is 322. The summed E-state index contributed by atoms with van der Waals surface area (Å²) < 4.78 is 25.0. The van der Waals surface area contributed by atoms with E-state index in [0.29, 0.717) is 0 Å². The maximum absolute atomic E-state index is 12.4. The topological polar surface area (TPSA) is 33.1 Å². The van der Waals surface area contributed by atoms with Crippen LogP contribution < -0.4 is 0 Å². The standard InChI is InChI=1S/C7H5ClF2INO/c8-1-3-4(13)2-12-7(11)5(3)6(9)10/h2,6,13H,1H2. The molecule has 0 amide bonds. The van der Waals surface area contributed by atoms with Gasteiger partial charge in [0.05, 0.1) is 17.6 Å². The minimum Gasteiger partial charge on any atom is -0.506 e. The summed E-state index contributed by atoms with van der Waals surface area (Å²) in [6, 6.07) is 0. The quantitative estimate of drug-likeness (QED) is 0.516. The first kappa shape index (κ1) is 10.9. The second kappa shape index (κ2) is 4.36. The van der Waals surface area contributed by atoms with Crippen LogP contribution in [0.15, 0.2) is 6.20 Å². The van der Waals surface area contributed by atoms with Crippen molar-refractivity contribution >= 4 is 34.2 Å². The van der Waals surface area contributed by atoms with E-state index in [4.69, 9.17) is 11.6 Å². The van der Waals surface area contributed by atoms with Crippen molar-refractivity contribution in [3.63, 3.8) is 0 Å². The summed E-state index contributed by atoms with van der Waals surface area (Å²) >= 11 is 7.11. The highest BCUT2D eigenvalue weighted by molar-refractivity contribution is 14.1. The van der Waals surface area contributed by atoms with Gasteiger partial charge in [0.2, 0.25) is 0 Å². The highest BCUT2D eigenvalue weighted by Gasteiger charge is 2.20. The van der Waals surface area contributed by atoms with Gasteiger partial charge in [0.15, 0.2) is 0 Å². The van der Waals surface area contributed by atoms with Gasteiger partial charge < -0.3 is 5.11 Å². The minimum absolute atomic E-state index is 0.0519. The molecule has 0 aliphatic carbocycles. The number of aromatic hydroxyl groups is 1. The molecule has 0 aliphatic heterocycles. The molecule has 0 fully saturated rings. The molecule has 0 bridgehead atoms. The molecule has 0 saturated carbocycles. The fourth-order valence-electron chi connectivity index (χ4n) is 0.890. The van der Waals surface area contributed by atoms with Crippen LogP contribution in [0.2, 0.25) is 0 Å². The van der Waals surface area contributed by atoms with E-state index in [1.54, 1.807) is 22.6 Å². The van der Waals surface area contributed by atoms with Gasteiger partial charge in [-0.25, -0.2) is 13.8 Å². The first-order chi connectivity index (χ1) is 6.07. The van der Waals surface area contributed by atoms with Crippen molar-refractivity contribution in [3.8, 4) is 5.75 Å². The normalized spacial score (nSPS) is 10.8. The number of alkyl halides is 3. The molecule has 0 radical (unpaired) electrons. The van der Waals surface area contributed by atoms with E-state index in [0.717, 1.165) is 6.20 Å². The Morgan fingerprint density at radius 2 is 2.23 bits per heavy atom. The highest BCUT2D eigenvalue weighted by atomic mass is 127. The van der Waals surface area contributed by atoms with Gasteiger partial charge in [-0.05, 0) is 22.6 Å². The van der Waals surface area contributed by atoms with E-state index in [1.165, 1.54) is 0 Å². The summed E-state index contributed by atoms with van der Waals surface area (Å²) in [5.41, 5.74) is -0.230. The zero-order valence-electron chi connectivity index (χ0n) is 6.27. The highest BCUT2D eigenvalue weighted by Crippen LogP contribution is 2.32. The molecule has 13 heavy (non-hydrogen) atoms. The SMILES string of the molecule is Oc1cnc(I)c(C(F)F)c1CCl. The van der Waals surface area contributed by atoms with Crippen molar-refractivity contribution in [2.75, 3.05) is 0 Å². The van der Waals surface area contributed by atoms with Crippen molar-refractivity contribution in [2.45, 2.75) is 12.3 Å². The molecule has 0 atom stereocenters. The molecule has 0 saturated heterocycles. The average Bonchev–Trinajstić information content (AvgIpc) is 2.07. The summed E-state index contributed by atoms with van der Waals surface area (Å²) in [6.45, 7) is 0. The first-order valence-electron chi connectivity index (χ1n) is 3.28. The third kappa shape index (κ3) is 2.19. The van der Waals surface area contributed by atoms with Crippen molar-refractivity contribution in [3.05, 3.63) is 21.0 Å². The molecule has 0 unspecified atom stereocenters. The van der Waals surface area contributed by atoms with E-state index in [9.17, 15) is 13.9 Å². The summed E-state index contributed by atoms with van der Waals surface area (Å²) in [4.78, 5) is 3.61. The molecular formula is C7H5ClF2INO. The lowest BCUT2D eigenvalue weighted by Gasteiger charge is -2.09. The van der Waals surface area contributed by atoms with Gasteiger partial charge in [-0.15, -0.1) is 11.6 Å². The zero-order valence-corrected chi connectivity index (χ0v) is 9.18. The molecule has 0 aliphatic rings. The Morgan fingerprint density at radius 3 is 2.62 bits per heavy atom. The molecule has 0 spiro atoms. The van der Waals surface area contributed by atoms with Gasteiger partial charge in [-0.2, -0.15) is 0 Å². The number of halogens is 4. The second-order valence-corrected chi connectivity index (χ2v) is 3.55. The lowest BCUT2D eigenvalue weighted by atomic mass is 10.1. The molecule has 1 rings (SSSR count). The lowest BCUT2D eigenvalue weighted by Crippen LogP contribution is -1.99. The van der Waals surface area contributed by atoms with Gasteiger partial charge in [-0.1, -0.05) is 0 Å². The van der Waals surface area contributed by atoms with Crippen LogP contribution in [0.25, 0.3) is 0 Å². The van der Waals surface area contributed by atoms with Crippen LogP contribution in [-0.2, 0) is 5.88 Å². The number of nitrogens with zero attached hydrogens (tertiary/aromatic N) is 1. The molecule has 1 N–H and O–H groups in total. The van der Waals surface area contributed by atoms with Crippen molar-refractivity contribution < 1.29 is 13.9 Å². The molecule has 1 heterocycles. The second-order valence-electron chi connectivity index (χ2n) is 2.26. The lowest BCUT2D eigenvalue weighted by molar-refractivity contribution is 0.148. The largest absolute Gasteiger partial charge is 0.506 e. The Morgan fingerprint density at radius 1 is 1.62 bits per heavy atom. The van der Waals surface area contributed by atoms with Crippen LogP contribution in [0.3, 0.4) is 0 Å². The predicted octanol–water partition coefficient (Wildman–Crippen LogP) is 3.07. The summed E-state index contributed by atoms with van der Waals surface area (Å²) in [5.74, 6) is -0.435. The Balaban J connectivity index is 3.35. The molecule has 6 heteroatoms. The first-order valence-corrected chi connectivity index (χ1v) is 4.89. The summed E-state index contributed by atoms with van der Waals surface area (Å²) in [5, 5.41) is 9.18. The van der Waals surface area contributed by atoms with Crippen LogP contribution in [0.1, 0.15) is 17.6 Å².